The summed E-state index contributed by atoms with van der Waals surface area (Å²) in [4.78, 5) is 59.4. The minimum Gasteiger partial charge on any atom is -0.477 e. The van der Waals surface area contributed by atoms with Crippen LogP contribution in [0.3, 0.4) is 0 Å². The molecule has 1 saturated heterocycles. The van der Waals surface area contributed by atoms with Crippen LogP contribution in [0.4, 0.5) is 5.13 Å². The second-order valence-electron chi connectivity index (χ2n) is 6.94. The smallest absolute Gasteiger partial charge is 0.353 e. The fourth-order valence-electron chi connectivity index (χ4n) is 3.57. The Bertz CT molecular complexity index is 1160. The van der Waals surface area contributed by atoms with E-state index in [1.54, 1.807) is 6.20 Å². The van der Waals surface area contributed by atoms with Gasteiger partial charge in [-0.15, -0.1) is 16.2 Å². The van der Waals surface area contributed by atoms with Crippen molar-refractivity contribution in [1.82, 2.24) is 20.2 Å². The summed E-state index contributed by atoms with van der Waals surface area (Å²) in [5, 5.41) is 15.1. The monoisotopic (exact) mass is 514 g/mol. The Balaban J connectivity index is 1.52. The minimum atomic E-state index is -1.57. The van der Waals surface area contributed by atoms with Gasteiger partial charge in [0.15, 0.2) is 9.47 Å². The van der Waals surface area contributed by atoms with E-state index in [1.165, 1.54) is 28.0 Å². The number of aliphatic carboxylic acids is 1. The maximum Gasteiger partial charge on any atom is 0.353 e. The molecule has 2 amide bonds. The third-order valence-corrected chi connectivity index (χ3v) is 8.19. The zero-order valence-electron chi connectivity index (χ0n) is 16.3. The van der Waals surface area contributed by atoms with Crippen molar-refractivity contribution in [2.45, 2.75) is 42.2 Å². The van der Waals surface area contributed by atoms with Gasteiger partial charge < -0.3 is 16.2 Å². The van der Waals surface area contributed by atoms with Crippen LogP contribution in [0.2, 0.25) is 4.34 Å². The summed E-state index contributed by atoms with van der Waals surface area (Å²) in [5.74, 6) is -2.67. The molecule has 2 aromatic rings. The highest BCUT2D eigenvalue weighted by molar-refractivity contribution is 8.04. The number of hydrogen-bond donors (Lipinski definition) is 3. The molecule has 1 fully saturated rings. The van der Waals surface area contributed by atoms with E-state index < -0.39 is 35.9 Å². The van der Waals surface area contributed by atoms with E-state index in [0.29, 0.717) is 22.1 Å². The lowest BCUT2D eigenvalue weighted by Gasteiger charge is -2.50. The minimum absolute atomic E-state index is 0.0525. The molecule has 168 valence electrons. The maximum absolute atomic E-state index is 12.8. The van der Waals surface area contributed by atoms with Gasteiger partial charge in [-0.2, -0.15) is 0 Å². The number of rotatable bonds is 7. The predicted octanol–water partition coefficient (Wildman–Crippen LogP) is 2.53. The van der Waals surface area contributed by atoms with E-state index in [4.69, 9.17) is 17.3 Å². The van der Waals surface area contributed by atoms with Gasteiger partial charge in [0.1, 0.15) is 21.8 Å². The molecule has 0 aliphatic carbocycles. The molecule has 11 nitrogen and oxygen atoms in total. The first-order valence-electron chi connectivity index (χ1n) is 9.15. The van der Waals surface area contributed by atoms with Crippen molar-refractivity contribution >= 4 is 69.0 Å². The number of nitrogens with two attached hydrogens (primary N) is 1. The van der Waals surface area contributed by atoms with Gasteiger partial charge >= 0.3 is 5.97 Å². The number of thioether (sulfide) groups is 1. The highest BCUT2D eigenvalue weighted by Gasteiger charge is 2.54. The summed E-state index contributed by atoms with van der Waals surface area (Å²) >= 11 is 9.52. The number of carbonyl (C=O) groups is 3. The highest BCUT2D eigenvalue weighted by atomic mass is 35.5. The second kappa shape index (κ2) is 8.77. The lowest BCUT2D eigenvalue weighted by molar-refractivity contribution is -0.156. The molecule has 4 N–H and O–H groups in total. The first-order valence-corrected chi connectivity index (χ1v) is 12.0. The fourth-order valence-corrected chi connectivity index (χ4v) is 6.71. The van der Waals surface area contributed by atoms with Crippen LogP contribution < -0.4 is 11.1 Å². The van der Waals surface area contributed by atoms with Crippen LogP contribution in [-0.2, 0) is 14.4 Å². The van der Waals surface area contributed by atoms with Gasteiger partial charge in [0, 0.05) is 16.0 Å². The summed E-state index contributed by atoms with van der Waals surface area (Å²) in [6.45, 7) is 1.89. The van der Waals surface area contributed by atoms with E-state index >= 15 is 0 Å². The van der Waals surface area contributed by atoms with Crippen LogP contribution in [-0.4, -0.2) is 49.8 Å². The first-order chi connectivity index (χ1) is 15.2. The number of carbonyl (C=O) groups excluding carboxylic acids is 2. The van der Waals surface area contributed by atoms with E-state index in [9.17, 15) is 24.4 Å². The van der Waals surface area contributed by atoms with Crippen molar-refractivity contribution in [2.24, 2.45) is 5.18 Å². The summed E-state index contributed by atoms with van der Waals surface area (Å²) in [6, 6.07) is -3.11. The van der Waals surface area contributed by atoms with Crippen LogP contribution in [0.15, 0.2) is 26.3 Å². The van der Waals surface area contributed by atoms with Crippen LogP contribution in [0.5, 0.6) is 0 Å². The number of nitroso groups, excluding NO2 is 1. The Kier molecular flexibility index (Phi) is 6.20. The van der Waals surface area contributed by atoms with E-state index in [0.717, 1.165) is 16.2 Å². The van der Waals surface area contributed by atoms with Crippen LogP contribution in [0, 0.1) is 11.8 Å². The average Bonchev–Trinajstić information content (AvgIpc) is 3.30. The quantitative estimate of drug-likeness (QED) is 0.371. The van der Waals surface area contributed by atoms with Crippen LogP contribution in [0.1, 0.15) is 29.5 Å². The number of nitrogens with one attached hydrogen (secondary N) is 1. The van der Waals surface area contributed by atoms with E-state index in [1.807, 2.05) is 6.92 Å². The number of nitrogens with zero attached hydrogens (tertiary/aromatic N) is 4. The average molecular weight is 515 g/mol. The molecule has 4 rings (SSSR count). The third-order valence-electron chi connectivity index (χ3n) is 4.94. The first kappa shape index (κ1) is 22.6. The Morgan fingerprint density at radius 1 is 1.47 bits per heavy atom. The number of carboxylic acids is 1. The number of β-lactam (4-membered cyclic amide) rings is 1. The topological polar surface area (TPSA) is 168 Å². The number of anilines is 1. The number of allylic oxidation sites excluding steroid dienone is 1. The summed E-state index contributed by atoms with van der Waals surface area (Å²) in [5.41, 5.74) is 5.35. The Morgan fingerprint density at radius 3 is 2.78 bits per heavy atom. The molecule has 3 unspecified atom stereocenters. The molecule has 0 saturated carbocycles. The molecule has 0 bridgehead atoms. The van der Waals surface area contributed by atoms with Crippen molar-refractivity contribution < 1.29 is 19.5 Å². The molecule has 0 radical (unpaired) electrons. The Labute approximate surface area is 198 Å². The van der Waals surface area contributed by atoms with Crippen molar-refractivity contribution in [3.8, 4) is 0 Å². The lowest BCUT2D eigenvalue weighted by Crippen LogP contribution is -2.71. The number of aromatic nitrogens is 2. The van der Waals surface area contributed by atoms with Gasteiger partial charge in [-0.25, -0.2) is 14.8 Å². The lowest BCUT2D eigenvalue weighted by atomic mass is 9.86. The van der Waals surface area contributed by atoms with Gasteiger partial charge in [0.25, 0.3) is 11.8 Å². The van der Waals surface area contributed by atoms with Crippen molar-refractivity contribution in [3.63, 3.8) is 0 Å². The summed E-state index contributed by atoms with van der Waals surface area (Å²) in [6.07, 6.45) is 2.53. The number of carboxylic acid groups (broad SMARTS) is 1. The SMILES string of the molecule is Cc1cnc(SC2=C(C(=O)O)N3C(=O)C(NC(=O)C(N=O)c4nc(N)sc4Cl)C3CC2)s1. The fraction of sp³-hybridized carbons (Fsp3) is 0.353. The molecule has 0 aromatic carbocycles. The van der Waals surface area contributed by atoms with Crippen molar-refractivity contribution in [1.29, 1.82) is 0 Å². The molecule has 4 heterocycles. The molecular weight excluding hydrogens is 500 g/mol. The van der Waals surface area contributed by atoms with E-state index in [2.05, 4.69) is 20.5 Å². The molecule has 0 spiro atoms. The predicted molar refractivity (Wildman–Crippen MR) is 119 cm³/mol. The largest absolute Gasteiger partial charge is 0.477 e. The van der Waals surface area contributed by atoms with Gasteiger partial charge in [0.05, 0.1) is 6.04 Å². The molecule has 32 heavy (non-hydrogen) atoms. The number of aryl methyl sites for hydroxylation is 1. The zero-order valence-corrected chi connectivity index (χ0v) is 19.5. The highest BCUT2D eigenvalue weighted by Crippen LogP contribution is 2.44. The van der Waals surface area contributed by atoms with Gasteiger partial charge in [-0.3, -0.25) is 14.5 Å². The van der Waals surface area contributed by atoms with E-state index in [-0.39, 0.29) is 20.9 Å². The van der Waals surface area contributed by atoms with Crippen LogP contribution >= 0.6 is 46.0 Å². The normalized spacial score (nSPS) is 21.1. The Morgan fingerprint density at radius 2 is 2.22 bits per heavy atom. The second-order valence-corrected chi connectivity index (χ2v) is 11.1. The molecule has 15 heteroatoms. The standard InChI is InChI=1S/C17H15ClN6O5S3/c1-5-4-20-17(30-5)31-7-3-2-6-8(14(26)24(6)11(7)15(27)28)21-13(25)10(23-29)9-12(18)32-16(19)22-9/h4,6,8,10H,2-3H2,1H3,(H2,19,22)(H,21,25)(H,27,28). The van der Waals surface area contributed by atoms with Gasteiger partial charge in [0.2, 0.25) is 6.04 Å². The molecular formula is C17H15ClN6O5S3. The number of halogens is 1. The van der Waals surface area contributed by atoms with Crippen LogP contribution in [0.25, 0.3) is 0 Å². The van der Waals surface area contributed by atoms with Crippen molar-refractivity contribution in [2.75, 3.05) is 5.73 Å². The number of thiazole rings is 2. The third kappa shape index (κ3) is 3.98. The maximum atomic E-state index is 12.8. The number of fused-ring (bicyclic) bond motifs is 1. The van der Waals surface area contributed by atoms with Gasteiger partial charge in [-0.1, -0.05) is 34.7 Å². The number of hydrogen-bond acceptors (Lipinski definition) is 11. The molecule has 2 aliphatic heterocycles. The summed E-state index contributed by atoms with van der Waals surface area (Å²) < 4.78 is 0.739. The van der Waals surface area contributed by atoms with Crippen molar-refractivity contribution in [3.05, 3.63) is 36.6 Å². The zero-order chi connectivity index (χ0) is 23.2. The Hall–Kier alpha value is -2.55. The van der Waals surface area contributed by atoms with Gasteiger partial charge in [-0.05, 0) is 24.9 Å². The molecule has 2 aromatic heterocycles. The molecule has 3 atom stereocenters. The number of nitrogen functional groups attached to an aromatic ring is 1. The summed E-state index contributed by atoms with van der Waals surface area (Å²) in [7, 11) is 0. The number of amides is 2. The molecule has 2 aliphatic rings.